The highest BCUT2D eigenvalue weighted by molar-refractivity contribution is 5.82. The summed E-state index contributed by atoms with van der Waals surface area (Å²) >= 11 is 0. The zero-order chi connectivity index (χ0) is 13.2. The SMILES string of the molecule is CC(C)C(=O)Cc1ccc(F)c(C(F)(F)F)c1. The minimum absolute atomic E-state index is 0.110. The van der Waals surface area contributed by atoms with Gasteiger partial charge < -0.3 is 0 Å². The van der Waals surface area contributed by atoms with Gasteiger partial charge in [0, 0.05) is 12.3 Å². The van der Waals surface area contributed by atoms with E-state index < -0.39 is 17.6 Å². The van der Waals surface area contributed by atoms with Crippen LogP contribution in [0, 0.1) is 11.7 Å². The van der Waals surface area contributed by atoms with Crippen molar-refractivity contribution >= 4 is 5.78 Å². The lowest BCUT2D eigenvalue weighted by Crippen LogP contribution is -2.13. The Kier molecular flexibility index (Phi) is 3.91. The molecule has 0 bridgehead atoms. The molecule has 0 aromatic heterocycles. The van der Waals surface area contributed by atoms with Gasteiger partial charge in [-0.15, -0.1) is 0 Å². The monoisotopic (exact) mass is 248 g/mol. The van der Waals surface area contributed by atoms with E-state index in [4.69, 9.17) is 0 Å². The molecule has 0 spiro atoms. The van der Waals surface area contributed by atoms with Crippen molar-refractivity contribution in [2.24, 2.45) is 5.92 Å². The van der Waals surface area contributed by atoms with Crippen LogP contribution in [0.25, 0.3) is 0 Å². The van der Waals surface area contributed by atoms with Crippen LogP contribution in [0.15, 0.2) is 18.2 Å². The number of carbonyl (C=O) groups is 1. The highest BCUT2D eigenvalue weighted by atomic mass is 19.4. The maximum Gasteiger partial charge on any atom is 0.419 e. The quantitative estimate of drug-likeness (QED) is 0.747. The fourth-order valence-electron chi connectivity index (χ4n) is 1.30. The Hall–Kier alpha value is -1.39. The number of alkyl halides is 3. The van der Waals surface area contributed by atoms with Gasteiger partial charge in [0.1, 0.15) is 11.6 Å². The van der Waals surface area contributed by atoms with E-state index in [1.807, 2.05) is 0 Å². The lowest BCUT2D eigenvalue weighted by molar-refractivity contribution is -0.140. The van der Waals surface area contributed by atoms with Crippen LogP contribution >= 0.6 is 0 Å². The van der Waals surface area contributed by atoms with E-state index in [2.05, 4.69) is 0 Å². The normalized spacial score (nSPS) is 11.9. The first-order valence-electron chi connectivity index (χ1n) is 5.10. The topological polar surface area (TPSA) is 17.1 Å². The average Bonchev–Trinajstić information content (AvgIpc) is 2.19. The molecule has 0 fully saturated rings. The fourth-order valence-corrected chi connectivity index (χ4v) is 1.30. The molecule has 0 radical (unpaired) electrons. The summed E-state index contributed by atoms with van der Waals surface area (Å²) in [6.07, 6.45) is -4.85. The summed E-state index contributed by atoms with van der Waals surface area (Å²) in [4.78, 5) is 11.4. The molecule has 0 aliphatic carbocycles. The first kappa shape index (κ1) is 13.7. The number of benzene rings is 1. The van der Waals surface area contributed by atoms with Crippen molar-refractivity contribution < 1.29 is 22.4 Å². The maximum absolute atomic E-state index is 13.0. The second kappa shape index (κ2) is 4.85. The summed E-state index contributed by atoms with van der Waals surface area (Å²) in [7, 11) is 0. The Bertz CT molecular complexity index is 421. The number of rotatable bonds is 3. The summed E-state index contributed by atoms with van der Waals surface area (Å²) in [6.45, 7) is 3.33. The highest BCUT2D eigenvalue weighted by Gasteiger charge is 2.34. The van der Waals surface area contributed by atoms with Gasteiger partial charge in [0.25, 0.3) is 0 Å². The fraction of sp³-hybridized carbons (Fsp3) is 0.417. The Labute approximate surface area is 96.4 Å². The molecule has 0 saturated carbocycles. The molecule has 1 rings (SSSR count). The van der Waals surface area contributed by atoms with E-state index >= 15 is 0 Å². The van der Waals surface area contributed by atoms with Gasteiger partial charge in [0.15, 0.2) is 0 Å². The van der Waals surface area contributed by atoms with Crippen LogP contribution in [0.4, 0.5) is 17.6 Å². The van der Waals surface area contributed by atoms with Gasteiger partial charge in [-0.25, -0.2) is 4.39 Å². The van der Waals surface area contributed by atoms with Crippen LogP contribution in [0.5, 0.6) is 0 Å². The van der Waals surface area contributed by atoms with Crippen LogP contribution in [-0.4, -0.2) is 5.78 Å². The van der Waals surface area contributed by atoms with Gasteiger partial charge >= 0.3 is 6.18 Å². The van der Waals surface area contributed by atoms with E-state index in [9.17, 15) is 22.4 Å². The lowest BCUT2D eigenvalue weighted by Gasteiger charge is -2.10. The van der Waals surface area contributed by atoms with Gasteiger partial charge in [-0.05, 0) is 17.7 Å². The minimum Gasteiger partial charge on any atom is -0.299 e. The first-order chi connectivity index (χ1) is 7.71. The van der Waals surface area contributed by atoms with Crippen molar-refractivity contribution in [3.05, 3.63) is 35.1 Å². The van der Waals surface area contributed by atoms with Gasteiger partial charge in [0.2, 0.25) is 0 Å². The molecule has 0 N–H and O–H groups in total. The number of Topliss-reactive ketones (excluding diaryl/α,β-unsaturated/α-hetero) is 1. The van der Waals surface area contributed by atoms with Crippen LogP contribution in [0.3, 0.4) is 0 Å². The number of hydrogen-bond acceptors (Lipinski definition) is 1. The van der Waals surface area contributed by atoms with Gasteiger partial charge in [-0.2, -0.15) is 13.2 Å². The average molecular weight is 248 g/mol. The van der Waals surface area contributed by atoms with E-state index in [-0.39, 0.29) is 23.7 Å². The van der Waals surface area contributed by atoms with E-state index in [1.165, 1.54) is 6.07 Å². The molecule has 0 aliphatic rings. The molecule has 0 saturated heterocycles. The summed E-state index contributed by atoms with van der Waals surface area (Å²) in [5.41, 5.74) is -1.15. The van der Waals surface area contributed by atoms with Crippen LogP contribution in [-0.2, 0) is 17.4 Å². The van der Waals surface area contributed by atoms with Crippen LogP contribution in [0.1, 0.15) is 25.0 Å². The van der Waals surface area contributed by atoms with E-state index in [0.29, 0.717) is 6.07 Å². The molecule has 94 valence electrons. The van der Waals surface area contributed by atoms with E-state index in [1.54, 1.807) is 13.8 Å². The largest absolute Gasteiger partial charge is 0.419 e. The molecule has 0 heterocycles. The number of halogens is 4. The van der Waals surface area contributed by atoms with Crippen molar-refractivity contribution in [3.8, 4) is 0 Å². The molecular weight excluding hydrogens is 236 g/mol. The predicted molar refractivity (Wildman–Crippen MR) is 55.0 cm³/mol. The van der Waals surface area contributed by atoms with E-state index in [0.717, 1.165) is 6.07 Å². The molecule has 1 aromatic rings. The predicted octanol–water partition coefficient (Wildman–Crippen LogP) is 3.61. The van der Waals surface area contributed by atoms with Gasteiger partial charge in [-0.3, -0.25) is 4.79 Å². The molecule has 1 aromatic carbocycles. The molecule has 1 nitrogen and oxygen atoms in total. The van der Waals surface area contributed by atoms with Gasteiger partial charge in [0.05, 0.1) is 5.56 Å². The third-order valence-corrected chi connectivity index (χ3v) is 2.36. The highest BCUT2D eigenvalue weighted by Crippen LogP contribution is 2.32. The Morgan fingerprint density at radius 3 is 2.35 bits per heavy atom. The Morgan fingerprint density at radius 1 is 1.29 bits per heavy atom. The Morgan fingerprint density at radius 2 is 1.88 bits per heavy atom. The standard InChI is InChI=1S/C12H12F4O/c1-7(2)11(17)6-8-3-4-10(13)9(5-8)12(14,15)16/h3-5,7H,6H2,1-2H3. The molecule has 0 aliphatic heterocycles. The molecule has 0 amide bonds. The second-order valence-corrected chi connectivity index (χ2v) is 4.11. The Balaban J connectivity index is 3.01. The minimum atomic E-state index is -4.74. The summed E-state index contributed by atoms with van der Waals surface area (Å²) < 4.78 is 50.2. The molecule has 0 atom stereocenters. The van der Waals surface area contributed by atoms with Crippen molar-refractivity contribution in [2.45, 2.75) is 26.4 Å². The summed E-state index contributed by atoms with van der Waals surface area (Å²) in [5, 5.41) is 0. The van der Waals surface area contributed by atoms with Gasteiger partial charge in [-0.1, -0.05) is 19.9 Å². The van der Waals surface area contributed by atoms with Crippen molar-refractivity contribution in [3.63, 3.8) is 0 Å². The smallest absolute Gasteiger partial charge is 0.299 e. The summed E-state index contributed by atoms with van der Waals surface area (Å²) in [6, 6.07) is 2.63. The first-order valence-corrected chi connectivity index (χ1v) is 5.10. The van der Waals surface area contributed by atoms with Crippen molar-refractivity contribution in [1.29, 1.82) is 0 Å². The molecule has 0 unspecified atom stereocenters. The molecule has 17 heavy (non-hydrogen) atoms. The third kappa shape index (κ3) is 3.54. The third-order valence-electron chi connectivity index (χ3n) is 2.36. The number of hydrogen-bond donors (Lipinski definition) is 0. The molecule has 5 heteroatoms. The van der Waals surface area contributed by atoms with Crippen LogP contribution in [0.2, 0.25) is 0 Å². The van der Waals surface area contributed by atoms with Crippen molar-refractivity contribution in [2.75, 3.05) is 0 Å². The molecular formula is C12H12F4O. The number of ketones is 1. The van der Waals surface area contributed by atoms with Crippen molar-refractivity contribution in [1.82, 2.24) is 0 Å². The number of carbonyl (C=O) groups excluding carboxylic acids is 1. The summed E-state index contributed by atoms with van der Waals surface area (Å²) in [5.74, 6) is -1.75. The van der Waals surface area contributed by atoms with Crippen LogP contribution < -0.4 is 0 Å². The zero-order valence-electron chi connectivity index (χ0n) is 9.44. The maximum atomic E-state index is 13.0. The zero-order valence-corrected chi connectivity index (χ0v) is 9.44. The lowest BCUT2D eigenvalue weighted by atomic mass is 9.99. The second-order valence-electron chi connectivity index (χ2n) is 4.11.